The molecule has 0 saturated carbocycles. The predicted molar refractivity (Wildman–Crippen MR) is 37.2 cm³/mol. The fraction of sp³-hybridized carbons (Fsp3) is 0.857. The largest absolute Gasteiger partial charge is 0.481 e. The molecule has 0 amide bonds. The van der Waals surface area contributed by atoms with Crippen molar-refractivity contribution in [2.75, 3.05) is 6.61 Å². The molecule has 0 unspecified atom stereocenters. The van der Waals surface area contributed by atoms with Crippen LogP contribution in [0.4, 0.5) is 0 Å². The lowest BCUT2D eigenvalue weighted by molar-refractivity contribution is -0.142. The van der Waals surface area contributed by atoms with Crippen molar-refractivity contribution in [1.82, 2.24) is 0 Å². The first-order valence-electron chi connectivity index (χ1n) is 3.58. The van der Waals surface area contributed by atoms with Crippen molar-refractivity contribution in [3.8, 4) is 0 Å². The number of carboxylic acid groups (broad SMARTS) is 1. The quantitative estimate of drug-likeness (QED) is 0.596. The third-order valence-electron chi connectivity index (χ3n) is 1.78. The highest BCUT2D eigenvalue weighted by Gasteiger charge is 2.38. The van der Waals surface area contributed by atoms with E-state index in [0.717, 1.165) is 0 Å². The third-order valence-corrected chi connectivity index (χ3v) is 1.78. The Kier molecular flexibility index (Phi) is 2.15. The Morgan fingerprint density at radius 1 is 1.82 bits per heavy atom. The Morgan fingerprint density at radius 3 is 2.82 bits per heavy atom. The monoisotopic (exact) mass is 160 g/mol. The van der Waals surface area contributed by atoms with Gasteiger partial charge in [0, 0.05) is 6.42 Å². The molecule has 1 saturated heterocycles. The summed E-state index contributed by atoms with van der Waals surface area (Å²) in [6, 6.07) is 0. The molecule has 0 aromatic carbocycles. The average Bonchev–Trinajstić information content (AvgIpc) is 2.08. The average molecular weight is 160 g/mol. The number of hydrogen-bond donors (Lipinski definition) is 2. The maximum Gasteiger partial charge on any atom is 0.306 e. The zero-order valence-corrected chi connectivity index (χ0v) is 6.41. The number of rotatable bonds is 2. The Labute approximate surface area is 64.8 Å². The van der Waals surface area contributed by atoms with Crippen molar-refractivity contribution in [1.29, 1.82) is 0 Å². The molecular formula is C7H12O4. The van der Waals surface area contributed by atoms with E-state index in [9.17, 15) is 9.90 Å². The van der Waals surface area contributed by atoms with Gasteiger partial charge in [0.15, 0.2) is 0 Å². The van der Waals surface area contributed by atoms with E-state index < -0.39 is 11.6 Å². The SMILES string of the molecule is C[C@H]1C[C@](O)(CC(=O)O)CO1. The van der Waals surface area contributed by atoms with Crippen molar-refractivity contribution in [3.05, 3.63) is 0 Å². The molecule has 2 atom stereocenters. The van der Waals surface area contributed by atoms with Crippen LogP contribution in [0.1, 0.15) is 19.8 Å². The van der Waals surface area contributed by atoms with Crippen LogP contribution in [0.5, 0.6) is 0 Å². The molecule has 0 aliphatic carbocycles. The second-order valence-electron chi connectivity index (χ2n) is 3.12. The van der Waals surface area contributed by atoms with Crippen LogP contribution in [0.25, 0.3) is 0 Å². The molecule has 4 nitrogen and oxygen atoms in total. The van der Waals surface area contributed by atoms with Gasteiger partial charge in [0.05, 0.1) is 19.1 Å². The van der Waals surface area contributed by atoms with Crippen molar-refractivity contribution in [3.63, 3.8) is 0 Å². The van der Waals surface area contributed by atoms with Gasteiger partial charge in [0.25, 0.3) is 0 Å². The molecule has 0 bridgehead atoms. The zero-order valence-electron chi connectivity index (χ0n) is 6.41. The van der Waals surface area contributed by atoms with Gasteiger partial charge >= 0.3 is 5.97 Å². The van der Waals surface area contributed by atoms with Gasteiger partial charge in [0.2, 0.25) is 0 Å². The normalized spacial score (nSPS) is 37.5. The van der Waals surface area contributed by atoms with Crippen molar-refractivity contribution in [2.45, 2.75) is 31.5 Å². The fourth-order valence-corrected chi connectivity index (χ4v) is 1.36. The second-order valence-corrected chi connectivity index (χ2v) is 3.12. The van der Waals surface area contributed by atoms with Crippen LogP contribution < -0.4 is 0 Å². The Hall–Kier alpha value is -0.610. The number of aliphatic carboxylic acids is 1. The van der Waals surface area contributed by atoms with Gasteiger partial charge in [-0.25, -0.2) is 0 Å². The number of ether oxygens (including phenoxy) is 1. The van der Waals surface area contributed by atoms with E-state index in [-0.39, 0.29) is 19.1 Å². The minimum absolute atomic E-state index is 0.0284. The van der Waals surface area contributed by atoms with Crippen LogP contribution in [0.15, 0.2) is 0 Å². The molecule has 4 heteroatoms. The topological polar surface area (TPSA) is 66.8 Å². The summed E-state index contributed by atoms with van der Waals surface area (Å²) in [5.74, 6) is -0.981. The summed E-state index contributed by atoms with van der Waals surface area (Å²) in [6.45, 7) is 1.96. The lowest BCUT2D eigenvalue weighted by atomic mass is 9.97. The van der Waals surface area contributed by atoms with E-state index in [0.29, 0.717) is 6.42 Å². The highest BCUT2D eigenvalue weighted by Crippen LogP contribution is 2.26. The van der Waals surface area contributed by atoms with Gasteiger partial charge in [-0.2, -0.15) is 0 Å². The van der Waals surface area contributed by atoms with E-state index in [4.69, 9.17) is 9.84 Å². The highest BCUT2D eigenvalue weighted by molar-refractivity contribution is 5.68. The van der Waals surface area contributed by atoms with Gasteiger partial charge in [0.1, 0.15) is 5.60 Å². The number of carboxylic acids is 1. The van der Waals surface area contributed by atoms with E-state index in [1.807, 2.05) is 6.92 Å². The minimum Gasteiger partial charge on any atom is -0.481 e. The van der Waals surface area contributed by atoms with Crippen LogP contribution in [0.3, 0.4) is 0 Å². The lowest BCUT2D eigenvalue weighted by Gasteiger charge is -2.16. The molecule has 0 aromatic heterocycles. The smallest absolute Gasteiger partial charge is 0.306 e. The zero-order chi connectivity index (χ0) is 8.48. The van der Waals surface area contributed by atoms with E-state index in [1.54, 1.807) is 0 Å². The van der Waals surface area contributed by atoms with Crippen molar-refractivity contribution in [2.24, 2.45) is 0 Å². The summed E-state index contributed by atoms with van der Waals surface area (Å²) in [5.41, 5.74) is -1.13. The van der Waals surface area contributed by atoms with Crippen molar-refractivity contribution < 1.29 is 19.7 Å². The molecule has 0 aromatic rings. The first kappa shape index (κ1) is 8.49. The molecule has 1 rings (SSSR count). The minimum atomic E-state index is -1.13. The first-order valence-corrected chi connectivity index (χ1v) is 3.58. The third kappa shape index (κ3) is 2.17. The second kappa shape index (κ2) is 2.79. The number of aliphatic hydroxyl groups is 1. The Morgan fingerprint density at radius 2 is 2.45 bits per heavy atom. The Balaban J connectivity index is 2.48. The molecule has 2 N–H and O–H groups in total. The van der Waals surface area contributed by atoms with Gasteiger partial charge in [-0.15, -0.1) is 0 Å². The van der Waals surface area contributed by atoms with Crippen LogP contribution in [0, 0.1) is 0 Å². The van der Waals surface area contributed by atoms with Crippen LogP contribution in [0.2, 0.25) is 0 Å². The van der Waals surface area contributed by atoms with Crippen LogP contribution in [-0.4, -0.2) is 34.5 Å². The van der Waals surface area contributed by atoms with E-state index in [1.165, 1.54) is 0 Å². The van der Waals surface area contributed by atoms with E-state index in [2.05, 4.69) is 0 Å². The molecule has 1 aliphatic rings. The van der Waals surface area contributed by atoms with Gasteiger partial charge in [-0.05, 0) is 6.92 Å². The maximum atomic E-state index is 10.3. The molecule has 1 heterocycles. The molecule has 11 heavy (non-hydrogen) atoms. The van der Waals surface area contributed by atoms with Gasteiger partial charge in [-0.1, -0.05) is 0 Å². The summed E-state index contributed by atoms with van der Waals surface area (Å²) >= 11 is 0. The van der Waals surface area contributed by atoms with Crippen LogP contribution in [-0.2, 0) is 9.53 Å². The maximum absolute atomic E-state index is 10.3. The Bertz CT molecular complexity index is 168. The standard InChI is InChI=1S/C7H12O4/c1-5-2-7(10,4-11-5)3-6(8)9/h5,10H,2-4H2,1H3,(H,8,9)/t5-,7-/m0/s1. The van der Waals surface area contributed by atoms with Gasteiger partial charge < -0.3 is 14.9 Å². The number of carbonyl (C=O) groups is 1. The first-order chi connectivity index (χ1) is 5.02. The molecular weight excluding hydrogens is 148 g/mol. The molecule has 0 spiro atoms. The van der Waals surface area contributed by atoms with Crippen molar-refractivity contribution >= 4 is 5.97 Å². The summed E-state index contributed by atoms with van der Waals surface area (Å²) in [7, 11) is 0. The lowest BCUT2D eigenvalue weighted by Crippen LogP contribution is -2.32. The van der Waals surface area contributed by atoms with Crippen LogP contribution >= 0.6 is 0 Å². The molecule has 1 fully saturated rings. The summed E-state index contributed by atoms with van der Waals surface area (Å²) < 4.78 is 5.06. The molecule has 64 valence electrons. The fourth-order valence-electron chi connectivity index (χ4n) is 1.36. The summed E-state index contributed by atoms with van der Waals surface area (Å²) in [5, 5.41) is 17.9. The van der Waals surface area contributed by atoms with E-state index >= 15 is 0 Å². The predicted octanol–water partition coefficient (Wildman–Crippen LogP) is 0.00100. The number of hydrogen-bond acceptors (Lipinski definition) is 3. The molecule has 0 radical (unpaired) electrons. The van der Waals surface area contributed by atoms with Gasteiger partial charge in [-0.3, -0.25) is 4.79 Å². The summed E-state index contributed by atoms with van der Waals surface area (Å²) in [6.07, 6.45) is 0.163. The molecule has 1 aliphatic heterocycles. The summed E-state index contributed by atoms with van der Waals surface area (Å²) in [4.78, 5) is 10.3. The highest BCUT2D eigenvalue weighted by atomic mass is 16.5.